The Morgan fingerprint density at radius 2 is 1.69 bits per heavy atom. The van der Waals surface area contributed by atoms with E-state index in [1.54, 1.807) is 30.3 Å². The number of carbonyl (C=O) groups excluding carboxylic acids is 1. The van der Waals surface area contributed by atoms with E-state index in [0.717, 1.165) is 11.1 Å². The largest absolute Gasteiger partial charge is 0.497 e. The summed E-state index contributed by atoms with van der Waals surface area (Å²) in [5, 5.41) is 0.689. The van der Waals surface area contributed by atoms with E-state index in [2.05, 4.69) is 0 Å². The topological polar surface area (TPSA) is 65.7 Å². The smallest absolute Gasteiger partial charge is 0.339 e. The van der Waals surface area contributed by atoms with Gasteiger partial charge in [-0.3, -0.25) is 0 Å². The molecule has 1 aromatic heterocycles. The van der Waals surface area contributed by atoms with Crippen molar-refractivity contribution in [1.82, 2.24) is 0 Å². The normalized spacial score (nSPS) is 10.7. The summed E-state index contributed by atoms with van der Waals surface area (Å²) in [6, 6.07) is 23.4. The second-order valence-electron chi connectivity index (χ2n) is 6.44. The van der Waals surface area contributed by atoms with Crippen LogP contribution in [-0.4, -0.2) is 13.1 Å². The summed E-state index contributed by atoms with van der Waals surface area (Å²) in [7, 11) is 1.54. The van der Waals surface area contributed by atoms with Gasteiger partial charge in [0.1, 0.15) is 17.9 Å². The van der Waals surface area contributed by atoms with Crippen LogP contribution in [0.15, 0.2) is 88.1 Å². The van der Waals surface area contributed by atoms with Gasteiger partial charge in [0, 0.05) is 23.1 Å². The number of carbonyl (C=O) groups is 1. The Labute approximate surface area is 167 Å². The summed E-state index contributed by atoms with van der Waals surface area (Å²) in [6.45, 7) is -0.0453. The number of hydrogen-bond donors (Lipinski definition) is 0. The van der Waals surface area contributed by atoms with Gasteiger partial charge in [-0.2, -0.15) is 0 Å². The van der Waals surface area contributed by atoms with Crippen molar-refractivity contribution in [1.29, 1.82) is 0 Å². The van der Waals surface area contributed by atoms with E-state index in [1.165, 1.54) is 13.2 Å². The number of ether oxygens (including phenoxy) is 2. The average Bonchev–Trinajstić information content (AvgIpc) is 2.77. The van der Waals surface area contributed by atoms with Gasteiger partial charge in [0.2, 0.25) is 0 Å². The van der Waals surface area contributed by atoms with Crippen molar-refractivity contribution in [3.63, 3.8) is 0 Å². The Balaban J connectivity index is 1.62. The Hall–Kier alpha value is -3.86. The number of methoxy groups -OCH3 is 1. The molecule has 0 bridgehead atoms. The summed E-state index contributed by atoms with van der Waals surface area (Å²) in [6.07, 6.45) is 0. The summed E-state index contributed by atoms with van der Waals surface area (Å²) in [5.74, 6) is 0.117. The Morgan fingerprint density at radius 1 is 0.931 bits per heavy atom. The molecule has 4 rings (SSSR count). The maximum absolute atomic E-state index is 12.8. The maximum atomic E-state index is 12.8. The van der Waals surface area contributed by atoms with Crippen LogP contribution in [0.1, 0.15) is 15.9 Å². The van der Waals surface area contributed by atoms with Crippen molar-refractivity contribution in [2.45, 2.75) is 6.61 Å². The molecule has 0 amide bonds. The fourth-order valence-corrected chi connectivity index (χ4v) is 3.21. The summed E-state index contributed by atoms with van der Waals surface area (Å²) in [4.78, 5) is 24.7. The molecule has 0 aliphatic heterocycles. The number of esters is 1. The van der Waals surface area contributed by atoms with Gasteiger partial charge in [-0.25, -0.2) is 9.59 Å². The average molecular weight is 386 g/mol. The van der Waals surface area contributed by atoms with E-state index in [4.69, 9.17) is 13.9 Å². The first-order valence-corrected chi connectivity index (χ1v) is 9.08. The number of benzene rings is 3. The molecular weight excluding hydrogens is 368 g/mol. The van der Waals surface area contributed by atoms with Crippen molar-refractivity contribution in [3.8, 4) is 16.9 Å². The quantitative estimate of drug-likeness (QED) is 0.363. The van der Waals surface area contributed by atoms with Gasteiger partial charge >= 0.3 is 11.6 Å². The lowest BCUT2D eigenvalue weighted by Crippen LogP contribution is -2.09. The molecule has 0 aliphatic carbocycles. The molecule has 5 heteroatoms. The van der Waals surface area contributed by atoms with E-state index in [9.17, 15) is 9.59 Å². The molecule has 0 N–H and O–H groups in total. The van der Waals surface area contributed by atoms with Crippen LogP contribution in [0.2, 0.25) is 0 Å². The van der Waals surface area contributed by atoms with Gasteiger partial charge in [-0.05, 0) is 29.3 Å². The third-order valence-corrected chi connectivity index (χ3v) is 4.63. The zero-order valence-electron chi connectivity index (χ0n) is 15.8. The minimum atomic E-state index is -0.513. The zero-order valence-corrected chi connectivity index (χ0v) is 15.8. The van der Waals surface area contributed by atoms with E-state index in [0.29, 0.717) is 27.8 Å². The monoisotopic (exact) mass is 386 g/mol. The van der Waals surface area contributed by atoms with Crippen LogP contribution in [0, 0.1) is 0 Å². The molecule has 0 radical (unpaired) electrons. The van der Waals surface area contributed by atoms with Gasteiger partial charge in [0.25, 0.3) is 0 Å². The van der Waals surface area contributed by atoms with E-state index in [-0.39, 0.29) is 6.61 Å². The highest BCUT2D eigenvalue weighted by atomic mass is 16.5. The first-order chi connectivity index (χ1) is 14.2. The Kier molecular flexibility index (Phi) is 5.12. The van der Waals surface area contributed by atoms with Crippen LogP contribution in [0.3, 0.4) is 0 Å². The minimum Gasteiger partial charge on any atom is -0.497 e. The standard InChI is InChI=1S/C24H18O5/c1-27-18-11-12-20-17(13-23(25)29-22(20)14-18)15-28-24(26)21-10-6-5-9-19(21)16-7-3-2-4-8-16/h2-14H,15H2,1H3. The van der Waals surface area contributed by atoms with Gasteiger partial charge in [-0.1, -0.05) is 48.5 Å². The highest BCUT2D eigenvalue weighted by Crippen LogP contribution is 2.26. The number of hydrogen-bond acceptors (Lipinski definition) is 5. The molecule has 0 unspecified atom stereocenters. The molecule has 0 aliphatic rings. The minimum absolute atomic E-state index is 0.0453. The van der Waals surface area contributed by atoms with Crippen molar-refractivity contribution in [3.05, 3.63) is 100 Å². The van der Waals surface area contributed by atoms with Crippen LogP contribution < -0.4 is 10.4 Å². The van der Waals surface area contributed by atoms with Crippen LogP contribution in [0.4, 0.5) is 0 Å². The lowest BCUT2D eigenvalue weighted by Gasteiger charge is -2.11. The van der Waals surface area contributed by atoms with Gasteiger partial charge in [0.05, 0.1) is 12.7 Å². The molecule has 144 valence electrons. The van der Waals surface area contributed by atoms with Gasteiger partial charge < -0.3 is 13.9 Å². The number of fused-ring (bicyclic) bond motifs is 1. The first-order valence-electron chi connectivity index (χ1n) is 9.08. The molecule has 0 saturated carbocycles. The highest BCUT2D eigenvalue weighted by molar-refractivity contribution is 5.97. The highest BCUT2D eigenvalue weighted by Gasteiger charge is 2.15. The predicted octanol–water partition coefficient (Wildman–Crippen LogP) is 4.83. The zero-order chi connectivity index (χ0) is 20.2. The second-order valence-corrected chi connectivity index (χ2v) is 6.44. The van der Waals surface area contributed by atoms with Crippen molar-refractivity contribution in [2.75, 3.05) is 7.11 Å². The van der Waals surface area contributed by atoms with Crippen LogP contribution in [-0.2, 0) is 11.3 Å². The Bertz CT molecular complexity index is 1220. The van der Waals surface area contributed by atoms with Crippen LogP contribution in [0.5, 0.6) is 5.75 Å². The third kappa shape index (κ3) is 3.89. The van der Waals surface area contributed by atoms with Gasteiger partial charge in [0.15, 0.2) is 0 Å². The van der Waals surface area contributed by atoms with E-state index < -0.39 is 11.6 Å². The molecule has 0 atom stereocenters. The van der Waals surface area contributed by atoms with Crippen molar-refractivity contribution >= 4 is 16.9 Å². The SMILES string of the molecule is COc1ccc2c(COC(=O)c3ccccc3-c3ccccc3)cc(=O)oc2c1. The summed E-state index contributed by atoms with van der Waals surface area (Å²) in [5.41, 5.74) is 2.63. The molecule has 0 saturated heterocycles. The number of rotatable bonds is 5. The van der Waals surface area contributed by atoms with E-state index in [1.807, 2.05) is 42.5 Å². The van der Waals surface area contributed by atoms with Crippen LogP contribution in [0.25, 0.3) is 22.1 Å². The van der Waals surface area contributed by atoms with E-state index >= 15 is 0 Å². The lowest BCUT2D eigenvalue weighted by atomic mass is 10.00. The molecule has 0 fully saturated rings. The van der Waals surface area contributed by atoms with Crippen molar-refractivity contribution < 1.29 is 18.7 Å². The predicted molar refractivity (Wildman–Crippen MR) is 110 cm³/mol. The first kappa shape index (κ1) is 18.5. The molecule has 1 heterocycles. The fourth-order valence-electron chi connectivity index (χ4n) is 3.21. The third-order valence-electron chi connectivity index (χ3n) is 4.63. The lowest BCUT2D eigenvalue weighted by molar-refractivity contribution is 0.0474. The molecule has 0 spiro atoms. The molecule has 3 aromatic carbocycles. The Morgan fingerprint density at radius 3 is 2.48 bits per heavy atom. The fraction of sp³-hybridized carbons (Fsp3) is 0.0833. The molecular formula is C24H18O5. The second kappa shape index (κ2) is 8.02. The van der Waals surface area contributed by atoms with Gasteiger partial charge in [-0.15, -0.1) is 0 Å². The summed E-state index contributed by atoms with van der Waals surface area (Å²) < 4.78 is 15.9. The molecule has 29 heavy (non-hydrogen) atoms. The maximum Gasteiger partial charge on any atom is 0.339 e. The van der Waals surface area contributed by atoms with Crippen molar-refractivity contribution in [2.24, 2.45) is 0 Å². The summed E-state index contributed by atoms with van der Waals surface area (Å²) >= 11 is 0. The van der Waals surface area contributed by atoms with Crippen LogP contribution >= 0.6 is 0 Å². The molecule has 5 nitrogen and oxygen atoms in total. The molecule has 4 aromatic rings.